The van der Waals surface area contributed by atoms with Crippen LogP contribution in [0.15, 0.2) is 18.2 Å². The number of rotatable bonds is 5. The van der Waals surface area contributed by atoms with Gasteiger partial charge in [-0.1, -0.05) is 6.92 Å². The number of nitrogens with one attached hydrogen (secondary N) is 1. The quantitative estimate of drug-likeness (QED) is 0.632. The van der Waals surface area contributed by atoms with Crippen molar-refractivity contribution in [3.8, 4) is 5.75 Å². The van der Waals surface area contributed by atoms with E-state index in [1.807, 2.05) is 20.8 Å². The van der Waals surface area contributed by atoms with Crippen molar-refractivity contribution in [2.24, 2.45) is 0 Å². The van der Waals surface area contributed by atoms with Crippen molar-refractivity contribution in [1.29, 1.82) is 0 Å². The first-order valence-corrected chi connectivity index (χ1v) is 5.54. The Morgan fingerprint density at radius 2 is 2.06 bits per heavy atom. The number of hydrogen-bond acceptors (Lipinski definition) is 4. The van der Waals surface area contributed by atoms with Crippen LogP contribution in [0.1, 0.15) is 27.2 Å². The van der Waals surface area contributed by atoms with E-state index in [9.17, 15) is 10.1 Å². The van der Waals surface area contributed by atoms with Gasteiger partial charge in [0.2, 0.25) is 0 Å². The lowest BCUT2D eigenvalue weighted by Crippen LogP contribution is -2.26. The normalized spacial score (nSPS) is 11.1. The molecule has 17 heavy (non-hydrogen) atoms. The van der Waals surface area contributed by atoms with Gasteiger partial charge >= 0.3 is 0 Å². The third-order valence-electron chi connectivity index (χ3n) is 2.64. The summed E-state index contributed by atoms with van der Waals surface area (Å²) in [6.45, 7) is 5.91. The van der Waals surface area contributed by atoms with Crippen LogP contribution in [-0.4, -0.2) is 17.6 Å². The molecule has 0 saturated heterocycles. The van der Waals surface area contributed by atoms with E-state index in [4.69, 9.17) is 4.74 Å². The average Bonchev–Trinajstić information content (AvgIpc) is 2.28. The minimum atomic E-state index is -0.424. The maximum absolute atomic E-state index is 10.8. The van der Waals surface area contributed by atoms with Crippen LogP contribution >= 0.6 is 0 Å². The SMILES string of the molecule is CCC(C)(C)Oc1cc(NC)cc([N+](=O)[O-])c1. The van der Waals surface area contributed by atoms with E-state index in [0.717, 1.165) is 6.42 Å². The lowest BCUT2D eigenvalue weighted by Gasteiger charge is -2.25. The summed E-state index contributed by atoms with van der Waals surface area (Å²) in [5.74, 6) is 0.510. The molecule has 94 valence electrons. The number of hydrogen-bond donors (Lipinski definition) is 1. The summed E-state index contributed by atoms with van der Waals surface area (Å²) in [5, 5.41) is 13.7. The van der Waals surface area contributed by atoms with Crippen molar-refractivity contribution >= 4 is 11.4 Å². The molecular formula is C12H18N2O3. The van der Waals surface area contributed by atoms with E-state index in [0.29, 0.717) is 11.4 Å². The number of anilines is 1. The predicted molar refractivity (Wildman–Crippen MR) is 67.6 cm³/mol. The first kappa shape index (κ1) is 13.3. The van der Waals surface area contributed by atoms with Crippen LogP contribution in [0.4, 0.5) is 11.4 Å². The molecule has 0 radical (unpaired) electrons. The Hall–Kier alpha value is -1.78. The Labute approximate surface area is 101 Å². The molecular weight excluding hydrogens is 220 g/mol. The van der Waals surface area contributed by atoms with Gasteiger partial charge in [-0.05, 0) is 20.3 Å². The molecule has 1 rings (SSSR count). The fraction of sp³-hybridized carbons (Fsp3) is 0.500. The van der Waals surface area contributed by atoms with Crippen molar-refractivity contribution in [2.75, 3.05) is 12.4 Å². The Balaban J connectivity index is 3.07. The molecule has 0 bridgehead atoms. The zero-order valence-corrected chi connectivity index (χ0v) is 10.6. The molecule has 5 nitrogen and oxygen atoms in total. The Bertz CT molecular complexity index is 416. The van der Waals surface area contributed by atoms with Gasteiger partial charge in [-0.25, -0.2) is 0 Å². The summed E-state index contributed by atoms with van der Waals surface area (Å²) in [6, 6.07) is 4.68. The molecule has 1 N–H and O–H groups in total. The molecule has 0 amide bonds. The monoisotopic (exact) mass is 238 g/mol. The van der Waals surface area contributed by atoms with Gasteiger partial charge in [-0.15, -0.1) is 0 Å². The van der Waals surface area contributed by atoms with Crippen LogP contribution in [0.5, 0.6) is 5.75 Å². The maximum Gasteiger partial charge on any atom is 0.275 e. The van der Waals surface area contributed by atoms with Crippen LogP contribution in [0.25, 0.3) is 0 Å². The van der Waals surface area contributed by atoms with Crippen LogP contribution in [0.3, 0.4) is 0 Å². The molecule has 0 atom stereocenters. The molecule has 0 aliphatic rings. The standard InChI is InChI=1S/C12H18N2O3/c1-5-12(2,3)17-11-7-9(13-4)6-10(8-11)14(15)16/h6-8,13H,5H2,1-4H3. The number of nitro groups is 1. The fourth-order valence-electron chi connectivity index (χ4n) is 1.28. The molecule has 5 heteroatoms. The van der Waals surface area contributed by atoms with Crippen LogP contribution in [-0.2, 0) is 0 Å². The van der Waals surface area contributed by atoms with Gasteiger partial charge in [0.05, 0.1) is 11.0 Å². The van der Waals surface area contributed by atoms with E-state index in [-0.39, 0.29) is 11.3 Å². The molecule has 0 spiro atoms. The third-order valence-corrected chi connectivity index (χ3v) is 2.64. The van der Waals surface area contributed by atoms with Crippen molar-refractivity contribution < 1.29 is 9.66 Å². The molecule has 0 aliphatic heterocycles. The first-order valence-electron chi connectivity index (χ1n) is 5.54. The number of non-ortho nitro benzene ring substituents is 1. The molecule has 0 fully saturated rings. The van der Waals surface area contributed by atoms with E-state index in [1.165, 1.54) is 12.1 Å². The van der Waals surface area contributed by atoms with Crippen molar-refractivity contribution in [2.45, 2.75) is 32.8 Å². The number of nitro benzene ring substituents is 1. The molecule has 1 aromatic carbocycles. The molecule has 0 unspecified atom stereocenters. The fourth-order valence-corrected chi connectivity index (χ4v) is 1.28. The highest BCUT2D eigenvalue weighted by Crippen LogP contribution is 2.29. The average molecular weight is 238 g/mol. The van der Waals surface area contributed by atoms with E-state index in [1.54, 1.807) is 13.1 Å². The second-order valence-electron chi connectivity index (χ2n) is 4.44. The summed E-state index contributed by atoms with van der Waals surface area (Å²) in [4.78, 5) is 10.4. The van der Waals surface area contributed by atoms with Crippen LogP contribution in [0.2, 0.25) is 0 Å². The number of benzene rings is 1. The summed E-state index contributed by atoms with van der Waals surface area (Å²) >= 11 is 0. The number of nitrogens with zero attached hydrogens (tertiary/aromatic N) is 1. The van der Waals surface area contributed by atoms with Gasteiger partial charge in [0.1, 0.15) is 11.4 Å². The maximum atomic E-state index is 10.8. The summed E-state index contributed by atoms with van der Waals surface area (Å²) in [5.41, 5.74) is 0.361. The molecule has 1 aromatic rings. The van der Waals surface area contributed by atoms with Crippen molar-refractivity contribution in [3.63, 3.8) is 0 Å². The minimum absolute atomic E-state index is 0.0266. The van der Waals surface area contributed by atoms with E-state index < -0.39 is 4.92 Å². The minimum Gasteiger partial charge on any atom is -0.488 e. The highest BCUT2D eigenvalue weighted by Gasteiger charge is 2.19. The van der Waals surface area contributed by atoms with Crippen molar-refractivity contribution in [3.05, 3.63) is 28.3 Å². The Kier molecular flexibility index (Phi) is 3.93. The largest absolute Gasteiger partial charge is 0.488 e. The van der Waals surface area contributed by atoms with Gasteiger partial charge in [0, 0.05) is 24.9 Å². The van der Waals surface area contributed by atoms with Gasteiger partial charge < -0.3 is 10.1 Å². The van der Waals surface area contributed by atoms with E-state index in [2.05, 4.69) is 5.32 Å². The summed E-state index contributed by atoms with van der Waals surface area (Å²) < 4.78 is 5.74. The third kappa shape index (κ3) is 3.62. The van der Waals surface area contributed by atoms with Gasteiger partial charge in [0.15, 0.2) is 0 Å². The lowest BCUT2D eigenvalue weighted by atomic mass is 10.1. The highest BCUT2D eigenvalue weighted by molar-refractivity contribution is 5.56. The molecule has 0 heterocycles. The smallest absolute Gasteiger partial charge is 0.275 e. The summed E-state index contributed by atoms with van der Waals surface area (Å²) in [7, 11) is 1.72. The second-order valence-corrected chi connectivity index (χ2v) is 4.44. The highest BCUT2D eigenvalue weighted by atomic mass is 16.6. The Morgan fingerprint density at radius 3 is 2.53 bits per heavy atom. The van der Waals surface area contributed by atoms with E-state index >= 15 is 0 Å². The lowest BCUT2D eigenvalue weighted by molar-refractivity contribution is -0.384. The van der Waals surface area contributed by atoms with Crippen LogP contribution < -0.4 is 10.1 Å². The topological polar surface area (TPSA) is 64.4 Å². The summed E-state index contributed by atoms with van der Waals surface area (Å²) in [6.07, 6.45) is 0.824. The molecule has 0 aliphatic carbocycles. The molecule has 0 saturated carbocycles. The van der Waals surface area contributed by atoms with Crippen LogP contribution in [0, 0.1) is 10.1 Å². The number of ether oxygens (including phenoxy) is 1. The van der Waals surface area contributed by atoms with Gasteiger partial charge in [0.25, 0.3) is 5.69 Å². The zero-order valence-electron chi connectivity index (χ0n) is 10.6. The second kappa shape index (κ2) is 5.03. The molecule has 0 aromatic heterocycles. The van der Waals surface area contributed by atoms with Gasteiger partial charge in [-0.2, -0.15) is 0 Å². The first-order chi connectivity index (χ1) is 7.88. The predicted octanol–water partition coefficient (Wildman–Crippen LogP) is 3.20. The Morgan fingerprint density at radius 1 is 1.41 bits per heavy atom. The van der Waals surface area contributed by atoms with Gasteiger partial charge in [-0.3, -0.25) is 10.1 Å². The van der Waals surface area contributed by atoms with Crippen molar-refractivity contribution in [1.82, 2.24) is 0 Å². The zero-order chi connectivity index (χ0) is 13.1.